The molecule has 9 heteroatoms. The van der Waals surface area contributed by atoms with Gasteiger partial charge in [0.2, 0.25) is 0 Å². The van der Waals surface area contributed by atoms with Gasteiger partial charge in [0.15, 0.2) is 5.13 Å². The highest BCUT2D eigenvalue weighted by Crippen LogP contribution is 2.33. The van der Waals surface area contributed by atoms with Gasteiger partial charge in [-0.15, -0.1) is 11.3 Å². The molecule has 0 atom stereocenters. The molecule has 3 aromatic rings. The van der Waals surface area contributed by atoms with Gasteiger partial charge in [-0.25, -0.2) is 9.67 Å². The van der Waals surface area contributed by atoms with Gasteiger partial charge in [-0.2, -0.15) is 5.10 Å². The zero-order chi connectivity index (χ0) is 21.0. The summed E-state index contributed by atoms with van der Waals surface area (Å²) in [5, 5.41) is 7.68. The third-order valence-corrected chi connectivity index (χ3v) is 5.55. The third-order valence-electron chi connectivity index (χ3n) is 4.14. The van der Waals surface area contributed by atoms with Gasteiger partial charge in [-0.05, 0) is 37.1 Å². The number of aromatic nitrogens is 3. The van der Waals surface area contributed by atoms with E-state index in [0.29, 0.717) is 34.0 Å². The molecule has 0 unspecified atom stereocenters. The highest BCUT2D eigenvalue weighted by molar-refractivity contribution is 7.14. The Kier molecular flexibility index (Phi) is 7.05. The minimum Gasteiger partial charge on any atom is -0.283 e. The summed E-state index contributed by atoms with van der Waals surface area (Å²) in [6.07, 6.45) is 1.50. The van der Waals surface area contributed by atoms with Crippen LogP contribution in [-0.2, 0) is 6.54 Å². The predicted molar refractivity (Wildman–Crippen MR) is 118 cm³/mol. The van der Waals surface area contributed by atoms with Gasteiger partial charge in [0.25, 0.3) is 11.5 Å². The molecule has 152 valence electrons. The largest absolute Gasteiger partial charge is 0.283 e. The number of halogens is 2. The van der Waals surface area contributed by atoms with E-state index in [2.05, 4.69) is 10.1 Å². The highest BCUT2D eigenvalue weighted by Gasteiger charge is 2.22. The Hall–Kier alpha value is -2.22. The van der Waals surface area contributed by atoms with Crippen molar-refractivity contribution in [3.8, 4) is 11.3 Å². The number of carbonyl (C=O) groups excluding carboxylic acids is 1. The number of amides is 1. The number of hydrogen-bond donors (Lipinski definition) is 0. The molecule has 2 aromatic heterocycles. The van der Waals surface area contributed by atoms with Gasteiger partial charge >= 0.3 is 0 Å². The van der Waals surface area contributed by atoms with E-state index in [1.165, 1.54) is 28.2 Å². The lowest BCUT2D eigenvalue weighted by molar-refractivity contribution is 0.0979. The van der Waals surface area contributed by atoms with Crippen molar-refractivity contribution in [2.45, 2.75) is 33.2 Å². The number of rotatable bonds is 7. The average molecular weight is 451 g/mol. The first-order chi connectivity index (χ1) is 13.9. The van der Waals surface area contributed by atoms with E-state index in [1.54, 1.807) is 23.1 Å². The first-order valence-electron chi connectivity index (χ1n) is 9.25. The average Bonchev–Trinajstić information content (AvgIpc) is 3.17. The second-order valence-corrected chi connectivity index (χ2v) is 8.06. The quantitative estimate of drug-likeness (QED) is 0.499. The van der Waals surface area contributed by atoms with Gasteiger partial charge in [0, 0.05) is 35.1 Å². The molecule has 0 saturated carbocycles. The van der Waals surface area contributed by atoms with Crippen molar-refractivity contribution in [2.75, 3.05) is 11.4 Å². The van der Waals surface area contributed by atoms with Crippen LogP contribution in [0.3, 0.4) is 0 Å². The van der Waals surface area contributed by atoms with E-state index in [1.807, 2.05) is 19.2 Å². The molecule has 0 spiro atoms. The molecular formula is C20H20Cl2N4O2S. The lowest BCUT2D eigenvalue weighted by atomic mass is 10.2. The summed E-state index contributed by atoms with van der Waals surface area (Å²) in [5.41, 5.74) is 1.41. The van der Waals surface area contributed by atoms with Gasteiger partial charge in [-0.3, -0.25) is 14.5 Å². The summed E-state index contributed by atoms with van der Waals surface area (Å²) in [6.45, 7) is 4.88. The molecular weight excluding hydrogens is 431 g/mol. The Balaban J connectivity index is 1.94. The van der Waals surface area contributed by atoms with Gasteiger partial charge in [0.05, 0.1) is 10.7 Å². The first kappa shape index (κ1) is 21.5. The molecule has 3 rings (SSSR count). The molecule has 0 aliphatic carbocycles. The van der Waals surface area contributed by atoms with Crippen molar-refractivity contribution in [1.82, 2.24) is 14.8 Å². The summed E-state index contributed by atoms with van der Waals surface area (Å²) in [6, 6.07) is 8.05. The fourth-order valence-electron chi connectivity index (χ4n) is 2.79. The molecule has 0 radical (unpaired) electrons. The molecule has 0 aliphatic rings. The van der Waals surface area contributed by atoms with E-state index in [0.717, 1.165) is 18.4 Å². The summed E-state index contributed by atoms with van der Waals surface area (Å²) >= 11 is 13.6. The summed E-state index contributed by atoms with van der Waals surface area (Å²) in [4.78, 5) is 31.2. The normalized spacial score (nSPS) is 10.9. The van der Waals surface area contributed by atoms with E-state index in [-0.39, 0.29) is 17.2 Å². The molecule has 0 aliphatic heterocycles. The number of anilines is 1. The summed E-state index contributed by atoms with van der Waals surface area (Å²) in [5.74, 6) is -0.292. The highest BCUT2D eigenvalue weighted by atomic mass is 35.5. The second kappa shape index (κ2) is 9.52. The van der Waals surface area contributed by atoms with Gasteiger partial charge in [0.1, 0.15) is 5.69 Å². The summed E-state index contributed by atoms with van der Waals surface area (Å²) < 4.78 is 1.32. The molecule has 1 aromatic carbocycles. The van der Waals surface area contributed by atoms with Crippen LogP contribution in [0.25, 0.3) is 11.3 Å². The zero-order valence-corrected chi connectivity index (χ0v) is 18.4. The van der Waals surface area contributed by atoms with Crippen LogP contribution in [0.15, 0.2) is 40.5 Å². The van der Waals surface area contributed by atoms with Gasteiger partial charge in [-0.1, -0.05) is 37.0 Å². The minimum atomic E-state index is -0.292. The maximum absolute atomic E-state index is 13.1. The van der Waals surface area contributed by atoms with Gasteiger partial charge < -0.3 is 0 Å². The number of thiazole rings is 1. The Morgan fingerprint density at radius 3 is 2.66 bits per heavy atom. The fourth-order valence-corrected chi connectivity index (χ4v) is 4.14. The van der Waals surface area contributed by atoms with Crippen LogP contribution in [0.5, 0.6) is 0 Å². The van der Waals surface area contributed by atoms with Crippen LogP contribution in [0, 0.1) is 0 Å². The number of benzene rings is 1. The topological polar surface area (TPSA) is 68.1 Å². The molecule has 0 bridgehead atoms. The number of hydrogen-bond acceptors (Lipinski definition) is 5. The summed E-state index contributed by atoms with van der Waals surface area (Å²) in [7, 11) is 0. The lowest BCUT2D eigenvalue weighted by Crippen LogP contribution is -2.34. The molecule has 0 saturated heterocycles. The molecule has 2 heterocycles. The molecule has 29 heavy (non-hydrogen) atoms. The predicted octanol–water partition coefficient (Wildman–Crippen LogP) is 5.14. The van der Waals surface area contributed by atoms with Crippen LogP contribution in [-0.4, -0.2) is 27.2 Å². The van der Waals surface area contributed by atoms with Crippen LogP contribution in [0.2, 0.25) is 10.0 Å². The van der Waals surface area contributed by atoms with Crippen molar-refractivity contribution in [3.63, 3.8) is 0 Å². The van der Waals surface area contributed by atoms with Crippen LogP contribution in [0.1, 0.15) is 37.2 Å². The van der Waals surface area contributed by atoms with E-state index in [9.17, 15) is 9.59 Å². The minimum absolute atomic E-state index is 0.216. The van der Waals surface area contributed by atoms with Crippen LogP contribution in [0.4, 0.5) is 5.13 Å². The standard InChI is InChI=1S/C20H20Cl2N4O2S/c1-3-9-25(19(28)16-7-8-18(27)26(24-16)10-4-2)20-23-17(12-29-20)14-6-5-13(21)11-15(14)22/h5-8,11-12H,3-4,9-10H2,1-2H3. The molecule has 0 N–H and O–H groups in total. The maximum Gasteiger partial charge on any atom is 0.280 e. The van der Waals surface area contributed by atoms with E-state index < -0.39 is 0 Å². The zero-order valence-electron chi connectivity index (χ0n) is 16.1. The third kappa shape index (κ3) is 4.86. The lowest BCUT2D eigenvalue weighted by Gasteiger charge is -2.19. The van der Waals surface area contributed by atoms with E-state index >= 15 is 0 Å². The van der Waals surface area contributed by atoms with Crippen molar-refractivity contribution >= 4 is 45.6 Å². The Bertz CT molecular complexity index is 1080. The smallest absolute Gasteiger partial charge is 0.280 e. The number of nitrogens with zero attached hydrogens (tertiary/aromatic N) is 4. The monoisotopic (exact) mass is 450 g/mol. The fraction of sp³-hybridized carbons (Fsp3) is 0.300. The van der Waals surface area contributed by atoms with Crippen LogP contribution >= 0.6 is 34.5 Å². The van der Waals surface area contributed by atoms with Crippen LogP contribution < -0.4 is 10.5 Å². The Morgan fingerprint density at radius 1 is 1.17 bits per heavy atom. The SMILES string of the molecule is CCCN(C(=O)c1ccc(=O)n(CCC)n1)c1nc(-c2ccc(Cl)cc2Cl)cs1. The van der Waals surface area contributed by atoms with Crippen molar-refractivity contribution in [2.24, 2.45) is 0 Å². The Labute approximate surface area is 182 Å². The number of carbonyl (C=O) groups is 1. The van der Waals surface area contributed by atoms with Crippen molar-refractivity contribution in [3.05, 3.63) is 61.8 Å². The Morgan fingerprint density at radius 2 is 1.97 bits per heavy atom. The number of aryl methyl sites for hydroxylation is 1. The van der Waals surface area contributed by atoms with Crippen molar-refractivity contribution < 1.29 is 4.79 Å². The second-order valence-electron chi connectivity index (χ2n) is 6.38. The molecule has 0 fully saturated rings. The van der Waals surface area contributed by atoms with Crippen molar-refractivity contribution in [1.29, 1.82) is 0 Å². The molecule has 6 nitrogen and oxygen atoms in total. The van der Waals surface area contributed by atoms with E-state index in [4.69, 9.17) is 23.2 Å². The maximum atomic E-state index is 13.1. The molecule has 1 amide bonds. The first-order valence-corrected chi connectivity index (χ1v) is 10.9.